The van der Waals surface area contributed by atoms with Gasteiger partial charge in [-0.05, 0) is 82.6 Å². The topological polar surface area (TPSA) is 23.0 Å². The first kappa shape index (κ1) is 26.5. The Hall–Kier alpha value is -6.58. The second-order valence-electron chi connectivity index (χ2n) is 12.9. The minimum absolute atomic E-state index is 0.896. The van der Waals surface area contributed by atoms with E-state index in [4.69, 9.17) is 4.42 Å². The van der Waals surface area contributed by atoms with Gasteiger partial charge in [0.1, 0.15) is 5.58 Å². The molecule has 0 atom stereocenters. The summed E-state index contributed by atoms with van der Waals surface area (Å²) in [4.78, 5) is 0. The van der Waals surface area contributed by atoms with Gasteiger partial charge in [0, 0.05) is 43.7 Å². The number of benzene rings is 8. The van der Waals surface area contributed by atoms with E-state index in [1.165, 1.54) is 54.5 Å². The fourth-order valence-corrected chi connectivity index (χ4v) is 8.14. The third kappa shape index (κ3) is 3.73. The molecule has 0 radical (unpaired) electrons. The quantitative estimate of drug-likeness (QED) is 0.192. The Morgan fingerprint density at radius 3 is 1.92 bits per heavy atom. The van der Waals surface area contributed by atoms with Gasteiger partial charge in [-0.25, -0.2) is 0 Å². The maximum Gasteiger partial charge on any atom is 0.160 e. The highest BCUT2D eigenvalue weighted by Gasteiger charge is 2.23. The summed E-state index contributed by atoms with van der Waals surface area (Å²) in [5, 5.41) is 9.56. The number of para-hydroxylation sites is 4. The number of furan rings is 1. The predicted molar refractivity (Wildman–Crippen MR) is 205 cm³/mol. The van der Waals surface area contributed by atoms with Gasteiger partial charge in [0.2, 0.25) is 0 Å². The standard InChI is InChI=1S/C46H28N2O/c1-2-14-32(15-3-1)47-40-19-9-6-16-34(40)38-27-31(23-25-42(38)47)37-28-39-35-17-8-11-21-43(35)49-46(39)45-44(37)36-18-7-10-20-41(36)48(45)33-24-22-29-12-4-5-13-30(29)26-33/h1-28H. The summed E-state index contributed by atoms with van der Waals surface area (Å²) in [6, 6.07) is 61.3. The molecule has 8 aromatic carbocycles. The predicted octanol–water partition coefficient (Wildman–Crippen LogP) is 12.6. The average Bonchev–Trinajstić information content (AvgIpc) is 3.82. The molecule has 0 bridgehead atoms. The Morgan fingerprint density at radius 1 is 0.388 bits per heavy atom. The molecule has 0 N–H and O–H groups in total. The lowest BCUT2D eigenvalue weighted by Gasteiger charge is -2.11. The molecule has 0 aliphatic carbocycles. The van der Waals surface area contributed by atoms with E-state index in [1.807, 2.05) is 0 Å². The van der Waals surface area contributed by atoms with Gasteiger partial charge in [-0.2, -0.15) is 0 Å². The molecule has 3 heteroatoms. The highest BCUT2D eigenvalue weighted by Crippen LogP contribution is 2.46. The van der Waals surface area contributed by atoms with Gasteiger partial charge in [-0.3, -0.25) is 0 Å². The second-order valence-corrected chi connectivity index (χ2v) is 12.9. The summed E-state index contributed by atoms with van der Waals surface area (Å²) in [6.07, 6.45) is 0. The normalized spacial score (nSPS) is 12.1. The number of hydrogen-bond donors (Lipinski definition) is 0. The zero-order valence-electron chi connectivity index (χ0n) is 26.5. The summed E-state index contributed by atoms with van der Waals surface area (Å²) in [5.74, 6) is 0. The highest BCUT2D eigenvalue weighted by atomic mass is 16.3. The first-order valence-electron chi connectivity index (χ1n) is 16.8. The first-order chi connectivity index (χ1) is 24.3. The van der Waals surface area contributed by atoms with Crippen LogP contribution in [0, 0.1) is 0 Å². The van der Waals surface area contributed by atoms with Crippen molar-refractivity contribution in [2.75, 3.05) is 0 Å². The maximum atomic E-state index is 6.79. The van der Waals surface area contributed by atoms with Crippen molar-refractivity contribution in [2.24, 2.45) is 0 Å². The summed E-state index contributed by atoms with van der Waals surface area (Å²) < 4.78 is 11.6. The van der Waals surface area contributed by atoms with Crippen LogP contribution < -0.4 is 0 Å². The van der Waals surface area contributed by atoms with Crippen molar-refractivity contribution in [2.45, 2.75) is 0 Å². The maximum absolute atomic E-state index is 6.79. The van der Waals surface area contributed by atoms with Crippen LogP contribution in [0.15, 0.2) is 174 Å². The molecule has 0 saturated carbocycles. The van der Waals surface area contributed by atoms with E-state index in [0.717, 1.165) is 44.3 Å². The van der Waals surface area contributed by atoms with Crippen molar-refractivity contribution < 1.29 is 4.42 Å². The first-order valence-corrected chi connectivity index (χ1v) is 16.8. The molecular formula is C46H28N2O. The minimum atomic E-state index is 0.896. The largest absolute Gasteiger partial charge is 0.454 e. The van der Waals surface area contributed by atoms with E-state index in [0.29, 0.717) is 0 Å². The molecule has 0 saturated heterocycles. The molecule has 0 unspecified atom stereocenters. The summed E-state index contributed by atoms with van der Waals surface area (Å²) in [7, 11) is 0. The Balaban J connectivity index is 1.29. The third-order valence-electron chi connectivity index (χ3n) is 10.3. The second kappa shape index (κ2) is 9.96. The molecular weight excluding hydrogens is 597 g/mol. The van der Waals surface area contributed by atoms with Crippen LogP contribution in [0.25, 0.3) is 98.8 Å². The van der Waals surface area contributed by atoms with Gasteiger partial charge in [0.15, 0.2) is 5.58 Å². The molecule has 0 amide bonds. The van der Waals surface area contributed by atoms with Gasteiger partial charge in [-0.1, -0.05) is 109 Å². The monoisotopic (exact) mass is 624 g/mol. The lowest BCUT2D eigenvalue weighted by atomic mass is 9.95. The van der Waals surface area contributed by atoms with Crippen LogP contribution in [0.2, 0.25) is 0 Å². The summed E-state index contributed by atoms with van der Waals surface area (Å²) in [6.45, 7) is 0. The van der Waals surface area contributed by atoms with Crippen LogP contribution in [0.3, 0.4) is 0 Å². The van der Waals surface area contributed by atoms with Crippen molar-refractivity contribution in [1.29, 1.82) is 0 Å². The lowest BCUT2D eigenvalue weighted by molar-refractivity contribution is 0.671. The Labute approximate surface area is 281 Å². The smallest absolute Gasteiger partial charge is 0.160 e. The average molecular weight is 625 g/mol. The number of hydrogen-bond acceptors (Lipinski definition) is 1. The summed E-state index contributed by atoms with van der Waals surface area (Å²) >= 11 is 0. The number of fused-ring (bicyclic) bond motifs is 11. The molecule has 0 aliphatic heterocycles. The van der Waals surface area contributed by atoms with Crippen LogP contribution in [-0.2, 0) is 0 Å². The molecule has 3 heterocycles. The van der Waals surface area contributed by atoms with E-state index >= 15 is 0 Å². The van der Waals surface area contributed by atoms with Crippen molar-refractivity contribution in [3.8, 4) is 22.5 Å². The zero-order valence-corrected chi connectivity index (χ0v) is 26.5. The Morgan fingerprint density at radius 2 is 1.06 bits per heavy atom. The Bertz CT molecular complexity index is 3100. The SMILES string of the molecule is c1ccc(-n2c3ccccc3c3cc(-c4cc5c6ccccc6oc5c5c4c4ccccc4n5-c4ccc5ccccc5c4)ccc32)cc1. The molecule has 3 aromatic heterocycles. The van der Waals surface area contributed by atoms with Crippen LogP contribution >= 0.6 is 0 Å². The van der Waals surface area contributed by atoms with Gasteiger partial charge in [-0.15, -0.1) is 0 Å². The summed E-state index contributed by atoms with van der Waals surface area (Å²) in [5.41, 5.74) is 11.1. The highest BCUT2D eigenvalue weighted by molar-refractivity contribution is 6.27. The molecule has 0 spiro atoms. The van der Waals surface area contributed by atoms with Gasteiger partial charge in [0.25, 0.3) is 0 Å². The number of rotatable bonds is 3. The van der Waals surface area contributed by atoms with E-state index in [1.54, 1.807) is 0 Å². The number of nitrogens with zero attached hydrogens (tertiary/aromatic N) is 2. The van der Waals surface area contributed by atoms with E-state index in [9.17, 15) is 0 Å². The van der Waals surface area contributed by atoms with E-state index in [-0.39, 0.29) is 0 Å². The lowest BCUT2D eigenvalue weighted by Crippen LogP contribution is -1.94. The molecule has 11 rings (SSSR count). The Kier molecular flexibility index (Phi) is 5.38. The molecule has 0 fully saturated rings. The van der Waals surface area contributed by atoms with Crippen LogP contribution in [0.1, 0.15) is 0 Å². The van der Waals surface area contributed by atoms with Crippen molar-refractivity contribution in [3.05, 3.63) is 170 Å². The van der Waals surface area contributed by atoms with E-state index < -0.39 is 0 Å². The molecule has 49 heavy (non-hydrogen) atoms. The zero-order chi connectivity index (χ0) is 32.1. The van der Waals surface area contributed by atoms with Crippen molar-refractivity contribution >= 4 is 76.3 Å². The van der Waals surface area contributed by atoms with Gasteiger partial charge >= 0.3 is 0 Å². The molecule has 3 nitrogen and oxygen atoms in total. The third-order valence-corrected chi connectivity index (χ3v) is 10.3. The van der Waals surface area contributed by atoms with Crippen LogP contribution in [0.4, 0.5) is 0 Å². The van der Waals surface area contributed by atoms with Crippen molar-refractivity contribution in [1.82, 2.24) is 9.13 Å². The van der Waals surface area contributed by atoms with Gasteiger partial charge < -0.3 is 13.6 Å². The van der Waals surface area contributed by atoms with Crippen LogP contribution in [0.5, 0.6) is 0 Å². The van der Waals surface area contributed by atoms with Crippen LogP contribution in [-0.4, -0.2) is 9.13 Å². The minimum Gasteiger partial charge on any atom is -0.454 e. The van der Waals surface area contributed by atoms with E-state index in [2.05, 4.69) is 179 Å². The molecule has 11 aromatic rings. The molecule has 228 valence electrons. The fraction of sp³-hybridized carbons (Fsp3) is 0. The number of aromatic nitrogens is 2. The molecule has 0 aliphatic rings. The fourth-order valence-electron chi connectivity index (χ4n) is 8.14. The van der Waals surface area contributed by atoms with Gasteiger partial charge in [0.05, 0.1) is 22.1 Å². The van der Waals surface area contributed by atoms with Crippen molar-refractivity contribution in [3.63, 3.8) is 0 Å².